The van der Waals surface area contributed by atoms with E-state index in [1.807, 2.05) is 18.3 Å². The first-order valence-electron chi connectivity index (χ1n) is 11.9. The zero-order valence-corrected chi connectivity index (χ0v) is 19.3. The molecule has 3 aromatic rings. The summed E-state index contributed by atoms with van der Waals surface area (Å²) in [6, 6.07) is 11.2. The van der Waals surface area contributed by atoms with E-state index in [9.17, 15) is 18.0 Å². The molecule has 0 fully saturated rings. The molecule has 8 heteroatoms. The molecule has 5 nitrogen and oxygen atoms in total. The van der Waals surface area contributed by atoms with Crippen molar-refractivity contribution in [1.29, 1.82) is 0 Å². The molecule has 1 aliphatic carbocycles. The monoisotopic (exact) mass is 480 g/mol. The molecule has 2 aliphatic rings. The molecule has 35 heavy (non-hydrogen) atoms. The molecule has 5 rings (SSSR count). The van der Waals surface area contributed by atoms with Gasteiger partial charge in [-0.15, -0.1) is 0 Å². The molecular formula is C27H27F3N4O. The minimum absolute atomic E-state index is 0.170. The van der Waals surface area contributed by atoms with E-state index in [0.29, 0.717) is 24.0 Å². The van der Waals surface area contributed by atoms with Crippen LogP contribution in [0, 0.1) is 0 Å². The summed E-state index contributed by atoms with van der Waals surface area (Å²) in [6.07, 6.45) is 3.17. The van der Waals surface area contributed by atoms with Crippen molar-refractivity contribution in [3.05, 3.63) is 88.5 Å². The van der Waals surface area contributed by atoms with Gasteiger partial charge in [0.1, 0.15) is 0 Å². The maximum absolute atomic E-state index is 13.2. The summed E-state index contributed by atoms with van der Waals surface area (Å²) in [4.78, 5) is 22.8. The highest BCUT2D eigenvalue weighted by atomic mass is 19.4. The van der Waals surface area contributed by atoms with Gasteiger partial charge in [-0.3, -0.25) is 9.69 Å². The number of aromatic nitrogens is 2. The number of carbonyl (C=O) groups excluding carboxylic acids is 1. The number of halogens is 3. The predicted octanol–water partition coefficient (Wildman–Crippen LogP) is 5.95. The fraction of sp³-hybridized carbons (Fsp3) is 0.333. The summed E-state index contributed by atoms with van der Waals surface area (Å²) in [6.45, 7) is 2.58. The number of H-pyrrole nitrogens is 1. The third kappa shape index (κ3) is 5.32. The average molecular weight is 481 g/mol. The molecule has 0 spiro atoms. The first-order valence-corrected chi connectivity index (χ1v) is 11.9. The minimum atomic E-state index is -4.37. The molecule has 2 aromatic carbocycles. The summed E-state index contributed by atoms with van der Waals surface area (Å²) >= 11 is 0. The smallest absolute Gasteiger partial charge is 0.347 e. The topological polar surface area (TPSA) is 61.0 Å². The number of nitrogens with one attached hydrogen (secondary N) is 2. The number of imidazole rings is 1. The van der Waals surface area contributed by atoms with Crippen molar-refractivity contribution in [1.82, 2.24) is 14.9 Å². The lowest BCUT2D eigenvalue weighted by Crippen LogP contribution is -2.30. The molecule has 1 amide bonds. The van der Waals surface area contributed by atoms with Crippen molar-refractivity contribution < 1.29 is 18.0 Å². The van der Waals surface area contributed by atoms with Crippen molar-refractivity contribution in [2.24, 2.45) is 0 Å². The number of alkyl halides is 3. The normalized spacial score (nSPS) is 16.8. The van der Waals surface area contributed by atoms with Gasteiger partial charge in [-0.2, -0.15) is 13.2 Å². The molecule has 2 heterocycles. The lowest BCUT2D eigenvalue weighted by Gasteiger charge is -2.28. The lowest BCUT2D eigenvalue weighted by atomic mass is 9.86. The van der Waals surface area contributed by atoms with E-state index < -0.39 is 11.7 Å². The van der Waals surface area contributed by atoms with Crippen LogP contribution in [0.4, 0.5) is 18.9 Å². The van der Waals surface area contributed by atoms with E-state index in [2.05, 4.69) is 26.3 Å². The molecule has 0 bridgehead atoms. The Bertz CT molecular complexity index is 1230. The number of benzene rings is 2. The van der Waals surface area contributed by atoms with Crippen LogP contribution in [-0.2, 0) is 30.5 Å². The van der Waals surface area contributed by atoms with Gasteiger partial charge in [0.15, 0.2) is 0 Å². The maximum Gasteiger partial charge on any atom is 0.416 e. The summed E-state index contributed by atoms with van der Waals surface area (Å²) in [7, 11) is 0. The van der Waals surface area contributed by atoms with E-state index in [-0.39, 0.29) is 5.91 Å². The molecule has 0 unspecified atom stereocenters. The van der Waals surface area contributed by atoms with Crippen molar-refractivity contribution >= 4 is 17.2 Å². The van der Waals surface area contributed by atoms with Crippen LogP contribution in [0.15, 0.2) is 60.6 Å². The van der Waals surface area contributed by atoms with Crippen molar-refractivity contribution in [2.75, 3.05) is 11.9 Å². The number of amides is 1. The molecule has 0 atom stereocenters. The van der Waals surface area contributed by atoms with E-state index >= 15 is 0 Å². The third-order valence-corrected chi connectivity index (χ3v) is 6.81. The Hall–Kier alpha value is -3.39. The zero-order chi connectivity index (χ0) is 24.4. The summed E-state index contributed by atoms with van der Waals surface area (Å²) in [5.74, 6) is -0.170. The fourth-order valence-corrected chi connectivity index (χ4v) is 4.98. The van der Waals surface area contributed by atoms with Gasteiger partial charge in [0.25, 0.3) is 5.91 Å². The first-order chi connectivity index (χ1) is 16.9. The highest BCUT2D eigenvalue weighted by molar-refractivity contribution is 6.09. The number of anilines is 1. The van der Waals surface area contributed by atoms with E-state index in [0.717, 1.165) is 68.0 Å². The second-order valence-corrected chi connectivity index (χ2v) is 9.21. The molecular weight excluding hydrogens is 453 g/mol. The molecule has 1 aliphatic heterocycles. The van der Waals surface area contributed by atoms with Crippen molar-refractivity contribution in [2.45, 2.75) is 51.4 Å². The molecule has 182 valence electrons. The molecule has 2 N–H and O–H groups in total. The second-order valence-electron chi connectivity index (χ2n) is 9.21. The number of nitrogens with zero attached hydrogens (tertiary/aromatic N) is 2. The number of rotatable bonds is 5. The Morgan fingerprint density at radius 2 is 1.83 bits per heavy atom. The van der Waals surface area contributed by atoms with Crippen LogP contribution in [0.1, 0.15) is 53.6 Å². The Morgan fingerprint density at radius 1 is 1.03 bits per heavy atom. The van der Waals surface area contributed by atoms with Crippen LogP contribution in [0.5, 0.6) is 0 Å². The van der Waals surface area contributed by atoms with Crippen LogP contribution >= 0.6 is 0 Å². The van der Waals surface area contributed by atoms with E-state index in [1.54, 1.807) is 6.33 Å². The van der Waals surface area contributed by atoms with Crippen LogP contribution in [0.2, 0.25) is 0 Å². The number of allylic oxidation sites excluding steroid dienone is 1. The van der Waals surface area contributed by atoms with Crippen LogP contribution in [0.25, 0.3) is 5.57 Å². The van der Waals surface area contributed by atoms with Crippen molar-refractivity contribution in [3.8, 4) is 0 Å². The highest BCUT2D eigenvalue weighted by Gasteiger charge is 2.30. The Labute approximate surface area is 202 Å². The van der Waals surface area contributed by atoms with E-state index in [1.165, 1.54) is 23.3 Å². The highest BCUT2D eigenvalue weighted by Crippen LogP contribution is 2.35. The minimum Gasteiger partial charge on any atom is -0.347 e. The predicted molar refractivity (Wildman–Crippen MR) is 128 cm³/mol. The quantitative estimate of drug-likeness (QED) is 0.474. The van der Waals surface area contributed by atoms with E-state index in [4.69, 9.17) is 0 Å². The standard InChI is InChI=1S/C27H27F3N4O/c28-27(29,30)21-8-5-18(6-9-21)24-3-1-2-4-25(24)26(35)33-22-10-7-20-15-34(12-11-19(20)13-22)16-23-14-31-17-32-23/h5-10,13-14,17H,1-4,11-12,15-16H2,(H,31,32)(H,33,35). The Balaban J connectivity index is 1.31. The maximum atomic E-state index is 13.2. The number of hydrogen-bond acceptors (Lipinski definition) is 3. The number of fused-ring (bicyclic) bond motifs is 1. The van der Waals surface area contributed by atoms with Gasteiger partial charge in [-0.25, -0.2) is 4.98 Å². The molecule has 1 aromatic heterocycles. The third-order valence-electron chi connectivity index (χ3n) is 6.81. The van der Waals surface area contributed by atoms with Gasteiger partial charge in [0.2, 0.25) is 0 Å². The van der Waals surface area contributed by atoms with Gasteiger partial charge in [0.05, 0.1) is 11.9 Å². The summed E-state index contributed by atoms with van der Waals surface area (Å²) in [5.41, 5.74) is 5.82. The van der Waals surface area contributed by atoms with Crippen molar-refractivity contribution in [3.63, 3.8) is 0 Å². The van der Waals surface area contributed by atoms with Gasteiger partial charge in [-0.1, -0.05) is 18.2 Å². The summed E-state index contributed by atoms with van der Waals surface area (Å²) in [5, 5.41) is 3.04. The van der Waals surface area contributed by atoms with Gasteiger partial charge < -0.3 is 10.3 Å². The second kappa shape index (κ2) is 9.70. The number of aromatic amines is 1. The molecule has 0 saturated heterocycles. The first kappa shape index (κ1) is 23.4. The largest absolute Gasteiger partial charge is 0.416 e. The van der Waals surface area contributed by atoms with Crippen LogP contribution < -0.4 is 5.32 Å². The summed E-state index contributed by atoms with van der Waals surface area (Å²) < 4.78 is 38.9. The van der Waals surface area contributed by atoms with Gasteiger partial charge in [-0.05, 0) is 78.6 Å². The van der Waals surface area contributed by atoms with Gasteiger partial charge in [0, 0.05) is 42.8 Å². The number of carbonyl (C=O) groups is 1. The zero-order valence-electron chi connectivity index (χ0n) is 19.3. The van der Waals surface area contributed by atoms with Crippen LogP contribution in [-0.4, -0.2) is 27.3 Å². The lowest BCUT2D eigenvalue weighted by molar-refractivity contribution is -0.137. The van der Waals surface area contributed by atoms with Crippen LogP contribution in [0.3, 0.4) is 0 Å². The Morgan fingerprint density at radius 3 is 2.57 bits per heavy atom. The molecule has 0 radical (unpaired) electrons. The number of hydrogen-bond donors (Lipinski definition) is 2. The molecule has 0 saturated carbocycles. The Kier molecular flexibility index (Phi) is 6.47. The SMILES string of the molecule is O=C(Nc1ccc2c(c1)CCN(Cc1cnc[nH]1)C2)C1=C(c2ccc(C(F)(F)F)cc2)CCCC1. The van der Waals surface area contributed by atoms with Gasteiger partial charge >= 0.3 is 6.18 Å². The fourth-order valence-electron chi connectivity index (χ4n) is 4.98. The average Bonchev–Trinajstić information content (AvgIpc) is 3.37.